The van der Waals surface area contributed by atoms with Crippen molar-refractivity contribution in [3.63, 3.8) is 0 Å². The lowest BCUT2D eigenvalue weighted by Crippen LogP contribution is -2.55. The Labute approximate surface area is 474 Å². The van der Waals surface area contributed by atoms with Crippen molar-refractivity contribution < 1.29 is 45.3 Å². The molecule has 430 valence electrons. The van der Waals surface area contributed by atoms with E-state index in [0.29, 0.717) is 98.2 Å². The first-order chi connectivity index (χ1) is 38.7. The predicted octanol–water partition coefficient (Wildman–Crippen LogP) is 10.1. The molecule has 0 bridgehead atoms. The van der Waals surface area contributed by atoms with E-state index in [-0.39, 0.29) is 48.6 Å². The number of unbranched alkanes of at least 4 members (excludes halogenated alkanes) is 2. The van der Waals surface area contributed by atoms with Gasteiger partial charge < -0.3 is 45.1 Å². The number of rotatable bonds is 31. The molecule has 3 amide bonds. The van der Waals surface area contributed by atoms with Crippen molar-refractivity contribution in [1.29, 1.82) is 0 Å². The third-order valence-corrected chi connectivity index (χ3v) is 15.5. The normalized spacial score (nSPS) is 15.7. The van der Waals surface area contributed by atoms with Crippen molar-refractivity contribution in [2.45, 2.75) is 122 Å². The number of likely N-dealkylation sites (tertiary alicyclic amines) is 1. The van der Waals surface area contributed by atoms with E-state index >= 15 is 0 Å². The number of nitrogens with one attached hydrogen (secondary N) is 5. The Bertz CT molecular complexity index is 2910. The average Bonchev–Trinajstić information content (AvgIpc) is 4.48. The number of carbonyl (C=O) groups excluding carboxylic acids is 4. The van der Waals surface area contributed by atoms with Gasteiger partial charge in [0.1, 0.15) is 47.0 Å². The van der Waals surface area contributed by atoms with E-state index in [1.807, 2.05) is 60.4 Å². The van der Waals surface area contributed by atoms with Gasteiger partial charge in [-0.05, 0) is 132 Å². The number of amides is 3. The maximum Gasteiger partial charge on any atom is 0.251 e. The average molecular weight is 1110 g/mol. The summed E-state index contributed by atoms with van der Waals surface area (Å²) in [6, 6.07) is 22.7. The predicted molar refractivity (Wildman–Crippen MR) is 312 cm³/mol. The smallest absolute Gasteiger partial charge is 0.251 e. The number of H-pyrrole nitrogens is 1. The summed E-state index contributed by atoms with van der Waals surface area (Å²) in [4.78, 5) is 74.0. The highest BCUT2D eigenvalue weighted by Crippen LogP contribution is 2.37. The van der Waals surface area contributed by atoms with E-state index < -0.39 is 12.1 Å². The SMILES string of the molecule is CC[C@@H](NC(=O)c1cccc(NCc2nc(-c3ccncn3)n[nH]2)c1)c1cccc(OCCCCCOCCCOCCOc2cccc(C(=O)c3cnc([C@@H]4CCCN4C(=O)[C@@H](NC(=O)[C@H](C)NC)C4CCCCC4)s3)c2)c1.[HH].[HH].[HH].[HH].[HH]. The van der Waals surface area contributed by atoms with E-state index in [2.05, 4.69) is 51.4 Å². The summed E-state index contributed by atoms with van der Waals surface area (Å²) < 4.78 is 23.7. The van der Waals surface area contributed by atoms with Gasteiger partial charge in [0.05, 0.1) is 42.8 Å². The number of hydrogen-bond donors (Lipinski definition) is 5. The van der Waals surface area contributed by atoms with Crippen molar-refractivity contribution in [3.8, 4) is 23.0 Å². The molecule has 0 radical (unpaired) electrons. The van der Waals surface area contributed by atoms with E-state index in [1.54, 1.807) is 56.7 Å². The minimum atomic E-state index is -0.579. The summed E-state index contributed by atoms with van der Waals surface area (Å²) in [5.74, 6) is 2.02. The second kappa shape index (κ2) is 30.3. The van der Waals surface area contributed by atoms with Crippen molar-refractivity contribution in [2.75, 3.05) is 58.6 Å². The van der Waals surface area contributed by atoms with E-state index in [1.165, 1.54) is 17.7 Å². The molecule has 2 aliphatic rings. The van der Waals surface area contributed by atoms with Crippen molar-refractivity contribution >= 4 is 40.5 Å². The maximum atomic E-state index is 14.2. The lowest BCUT2D eigenvalue weighted by molar-refractivity contribution is -0.139. The molecule has 8 rings (SSSR count). The van der Waals surface area contributed by atoms with Crippen LogP contribution in [0.2, 0.25) is 0 Å². The Balaban J connectivity index is 0.00000370. The largest absolute Gasteiger partial charge is 0.494 e. The third kappa shape index (κ3) is 16.9. The number of carbonyl (C=O) groups is 4. The number of nitrogens with zero attached hydrogens (tertiary/aromatic N) is 6. The van der Waals surface area contributed by atoms with E-state index in [9.17, 15) is 19.2 Å². The molecule has 19 nitrogen and oxygen atoms in total. The number of benzene rings is 3. The molecule has 20 heteroatoms. The minimum Gasteiger partial charge on any atom is -0.494 e. The third-order valence-electron chi connectivity index (χ3n) is 14.4. The van der Waals surface area contributed by atoms with Crippen molar-refractivity contribution in [2.24, 2.45) is 5.92 Å². The summed E-state index contributed by atoms with van der Waals surface area (Å²) in [5, 5.41) is 20.5. The van der Waals surface area contributed by atoms with Gasteiger partial charge in [-0.15, -0.1) is 11.3 Å². The summed E-state index contributed by atoms with van der Waals surface area (Å²) in [6.07, 6.45) is 15.6. The molecule has 1 aliphatic heterocycles. The topological polar surface area (TPSA) is 237 Å². The molecule has 79 heavy (non-hydrogen) atoms. The fourth-order valence-corrected chi connectivity index (χ4v) is 10.9. The quantitative estimate of drug-likeness (QED) is 0.0201. The Kier molecular flexibility index (Phi) is 22.3. The van der Waals surface area contributed by atoms with Crippen LogP contribution in [0.25, 0.3) is 11.5 Å². The molecule has 1 aliphatic carbocycles. The highest BCUT2D eigenvalue weighted by Gasteiger charge is 2.40. The molecule has 1 saturated carbocycles. The molecule has 2 fully saturated rings. The first-order valence-corrected chi connectivity index (χ1v) is 28.7. The van der Waals surface area contributed by atoms with Crippen molar-refractivity contribution in [1.82, 2.24) is 51.0 Å². The van der Waals surface area contributed by atoms with Gasteiger partial charge in [0.2, 0.25) is 17.6 Å². The fourth-order valence-electron chi connectivity index (χ4n) is 9.85. The number of likely N-dealkylation sites (N-methyl/N-ethyl adjacent to an activating group) is 1. The van der Waals surface area contributed by atoms with Crippen LogP contribution in [-0.2, 0) is 25.6 Å². The van der Waals surface area contributed by atoms with E-state index in [0.717, 1.165) is 92.6 Å². The van der Waals surface area contributed by atoms with Gasteiger partial charge in [-0.3, -0.25) is 24.3 Å². The standard InChI is InChI=1S/C59H75N11O8S.5H2/c1-4-48(65-57(73)44-20-11-21-45(34-44)62-38-52-66-55(69-68-52)49-25-26-61-39-64-49)42-18-12-22-46(35-42)77-31-10-6-9-28-75-29-15-30-76-32-33-78-47-23-13-19-43(36-47)54(71)51-37-63-58(79-51)50-24-14-27-70(50)59(74)53(41-16-7-5-8-17-41)67-56(72)40(2)60-3;;;;;/h11-13,18-23,25-26,34-37,39-41,48,50,53,60,62H,4-10,14-17,24,27-33,38H2,1-3H3,(H,65,73)(H,67,72)(H,66,68,69);5*1H/t40-,48+,50-,53-;;;;;/m0...../s1. The fraction of sp³-hybridized carbons (Fsp3) is 0.475. The highest BCUT2D eigenvalue weighted by atomic mass is 32.1. The molecular formula is C59H85N11O8S. The summed E-state index contributed by atoms with van der Waals surface area (Å²) in [6.45, 7) is 7.95. The van der Waals surface area contributed by atoms with Crippen LogP contribution in [0.3, 0.4) is 0 Å². The van der Waals surface area contributed by atoms with Crippen molar-refractivity contribution in [3.05, 3.63) is 130 Å². The molecule has 3 aromatic carbocycles. The second-order valence-corrected chi connectivity index (χ2v) is 21.0. The lowest BCUT2D eigenvalue weighted by Gasteiger charge is -2.35. The van der Waals surface area contributed by atoms with Crippen LogP contribution in [0.15, 0.2) is 97.6 Å². The molecule has 5 N–H and O–H groups in total. The van der Waals surface area contributed by atoms with Crippen LogP contribution in [0, 0.1) is 5.92 Å². The summed E-state index contributed by atoms with van der Waals surface area (Å²) in [7, 11) is 1.74. The number of aromatic nitrogens is 6. The molecule has 0 spiro atoms. The lowest BCUT2D eigenvalue weighted by atomic mass is 9.83. The number of anilines is 1. The van der Waals surface area contributed by atoms with Crippen LogP contribution >= 0.6 is 11.3 Å². The summed E-state index contributed by atoms with van der Waals surface area (Å²) >= 11 is 1.33. The number of hydrogen-bond acceptors (Lipinski definition) is 16. The zero-order valence-corrected chi connectivity index (χ0v) is 46.4. The molecule has 3 aromatic heterocycles. The second-order valence-electron chi connectivity index (χ2n) is 20.0. The van der Waals surface area contributed by atoms with Gasteiger partial charge in [0.25, 0.3) is 5.91 Å². The highest BCUT2D eigenvalue weighted by molar-refractivity contribution is 7.14. The Morgan fingerprint density at radius 3 is 2.37 bits per heavy atom. The minimum absolute atomic E-state index is 0. The van der Waals surface area contributed by atoms with Gasteiger partial charge in [-0.25, -0.2) is 19.9 Å². The zero-order valence-electron chi connectivity index (χ0n) is 45.6. The molecule has 4 heterocycles. The molecule has 6 aromatic rings. The first-order valence-electron chi connectivity index (χ1n) is 27.9. The Hall–Kier alpha value is -7.13. The first kappa shape index (κ1) is 58.0. The van der Waals surface area contributed by atoms with Gasteiger partial charge in [-0.2, -0.15) is 5.10 Å². The number of thiazole rings is 1. The van der Waals surface area contributed by atoms with Crippen LogP contribution in [-0.4, -0.2) is 124 Å². The molecule has 0 unspecified atom stereocenters. The van der Waals surface area contributed by atoms with Crippen LogP contribution in [0.4, 0.5) is 5.69 Å². The monoisotopic (exact) mass is 1110 g/mol. The number of ether oxygens (including phenoxy) is 4. The molecular weight excluding hydrogens is 1020 g/mol. The van der Waals surface area contributed by atoms with Gasteiger partial charge in [0.15, 0.2) is 5.82 Å². The van der Waals surface area contributed by atoms with Crippen LogP contribution in [0.5, 0.6) is 11.5 Å². The maximum absolute atomic E-state index is 14.2. The van der Waals surface area contributed by atoms with Gasteiger partial charge in [0, 0.05) is 62.7 Å². The van der Waals surface area contributed by atoms with Crippen LogP contribution in [0.1, 0.15) is 152 Å². The number of aromatic amines is 1. The molecule has 4 atom stereocenters. The Morgan fingerprint density at radius 1 is 0.797 bits per heavy atom. The van der Waals surface area contributed by atoms with Crippen LogP contribution < -0.4 is 30.7 Å². The van der Waals surface area contributed by atoms with Gasteiger partial charge >= 0.3 is 0 Å². The zero-order chi connectivity index (χ0) is 55.2. The van der Waals surface area contributed by atoms with E-state index in [4.69, 9.17) is 18.9 Å². The Morgan fingerprint density at radius 2 is 1.56 bits per heavy atom. The summed E-state index contributed by atoms with van der Waals surface area (Å²) in [5.41, 5.74) is 3.42. The number of ketones is 1. The molecule has 1 saturated heterocycles. The van der Waals surface area contributed by atoms with Gasteiger partial charge in [-0.1, -0.05) is 56.5 Å².